The van der Waals surface area contributed by atoms with Crippen LogP contribution in [-0.2, 0) is 9.59 Å². The quantitative estimate of drug-likeness (QED) is 0.904. The van der Waals surface area contributed by atoms with E-state index in [1.807, 2.05) is 55.5 Å². The Morgan fingerprint density at radius 2 is 2.00 bits per heavy atom. The first-order valence-electron chi connectivity index (χ1n) is 7.48. The van der Waals surface area contributed by atoms with Crippen LogP contribution < -0.4 is 10.6 Å². The van der Waals surface area contributed by atoms with Crippen LogP contribution in [0.2, 0.25) is 0 Å². The number of fused-ring (bicyclic) bond motifs is 1. The molecular formula is C18H18N2O2S. The molecule has 0 radical (unpaired) electrons. The second-order valence-corrected chi connectivity index (χ2v) is 6.85. The summed E-state index contributed by atoms with van der Waals surface area (Å²) in [5.41, 5.74) is 2.64. The molecule has 2 aromatic carbocycles. The minimum absolute atomic E-state index is 0.124. The van der Waals surface area contributed by atoms with Crippen LogP contribution in [0.4, 0.5) is 11.4 Å². The summed E-state index contributed by atoms with van der Waals surface area (Å²) in [7, 11) is 0. The second-order valence-electron chi connectivity index (χ2n) is 5.67. The Morgan fingerprint density at radius 3 is 2.78 bits per heavy atom. The third-order valence-corrected chi connectivity index (χ3v) is 5.30. The Bertz CT molecular complexity index is 760. The third-order valence-electron chi connectivity index (χ3n) is 3.81. The Hall–Kier alpha value is -2.27. The highest BCUT2D eigenvalue weighted by Crippen LogP contribution is 2.38. The van der Waals surface area contributed by atoms with Gasteiger partial charge in [0.05, 0.1) is 16.9 Å². The van der Waals surface area contributed by atoms with Gasteiger partial charge in [0.25, 0.3) is 0 Å². The van der Waals surface area contributed by atoms with E-state index in [0.717, 1.165) is 21.8 Å². The lowest BCUT2D eigenvalue weighted by atomic mass is 10.1. The Labute approximate surface area is 139 Å². The largest absolute Gasteiger partial charge is 0.326 e. The topological polar surface area (TPSA) is 58.2 Å². The number of carbonyl (C=O) groups is 2. The average Bonchev–Trinajstić information content (AvgIpc) is 2.53. The van der Waals surface area contributed by atoms with Gasteiger partial charge < -0.3 is 10.6 Å². The normalized spacial score (nSPS) is 17.8. The molecule has 0 saturated heterocycles. The van der Waals surface area contributed by atoms with E-state index >= 15 is 0 Å². The summed E-state index contributed by atoms with van der Waals surface area (Å²) >= 11 is 1.44. The molecule has 0 bridgehead atoms. The van der Waals surface area contributed by atoms with Crippen LogP contribution >= 0.6 is 11.8 Å². The zero-order valence-electron chi connectivity index (χ0n) is 13.0. The SMILES string of the molecule is Cc1cccc(NC(=O)C(C)C2Sc3ccccc3NC2=O)c1. The number of hydrogen-bond acceptors (Lipinski definition) is 3. The molecule has 118 valence electrons. The van der Waals surface area contributed by atoms with Crippen LogP contribution in [0.15, 0.2) is 53.4 Å². The molecule has 0 fully saturated rings. The monoisotopic (exact) mass is 326 g/mol. The van der Waals surface area contributed by atoms with Gasteiger partial charge in [0.1, 0.15) is 0 Å². The molecule has 2 N–H and O–H groups in total. The molecular weight excluding hydrogens is 308 g/mol. The maximum atomic E-state index is 12.5. The standard InChI is InChI=1S/C18H18N2O2S/c1-11-6-5-7-13(10-11)19-17(21)12(2)16-18(22)20-14-8-3-4-9-15(14)23-16/h3-10,12,16H,1-2H3,(H,19,21)(H,20,22). The zero-order chi connectivity index (χ0) is 16.4. The number of carbonyl (C=O) groups excluding carboxylic acids is 2. The molecule has 2 amide bonds. The molecule has 4 nitrogen and oxygen atoms in total. The van der Waals surface area contributed by atoms with Crippen molar-refractivity contribution in [3.63, 3.8) is 0 Å². The van der Waals surface area contributed by atoms with Gasteiger partial charge >= 0.3 is 0 Å². The van der Waals surface area contributed by atoms with E-state index in [9.17, 15) is 9.59 Å². The molecule has 5 heteroatoms. The fourth-order valence-electron chi connectivity index (χ4n) is 2.51. The van der Waals surface area contributed by atoms with E-state index in [0.29, 0.717) is 0 Å². The second kappa shape index (κ2) is 6.46. The first-order valence-corrected chi connectivity index (χ1v) is 8.36. The third kappa shape index (κ3) is 3.40. The van der Waals surface area contributed by atoms with E-state index in [1.54, 1.807) is 6.92 Å². The molecule has 0 aromatic heterocycles. The van der Waals surface area contributed by atoms with Gasteiger partial charge in [-0.2, -0.15) is 0 Å². The summed E-state index contributed by atoms with van der Waals surface area (Å²) in [6.45, 7) is 3.76. The van der Waals surface area contributed by atoms with Gasteiger partial charge in [-0.15, -0.1) is 11.8 Å². The smallest absolute Gasteiger partial charge is 0.238 e. The number of aryl methyl sites for hydroxylation is 1. The van der Waals surface area contributed by atoms with Crippen LogP contribution in [0.1, 0.15) is 12.5 Å². The minimum atomic E-state index is -0.436. The summed E-state index contributed by atoms with van der Waals surface area (Å²) in [6, 6.07) is 15.3. The lowest BCUT2D eigenvalue weighted by molar-refractivity contribution is -0.123. The zero-order valence-corrected chi connectivity index (χ0v) is 13.8. The molecule has 0 spiro atoms. The molecule has 3 rings (SSSR count). The lowest BCUT2D eigenvalue weighted by Gasteiger charge is -2.27. The van der Waals surface area contributed by atoms with Crippen molar-refractivity contribution in [2.24, 2.45) is 5.92 Å². The maximum Gasteiger partial charge on any atom is 0.238 e. The summed E-state index contributed by atoms with van der Waals surface area (Å²) in [6.07, 6.45) is 0. The van der Waals surface area contributed by atoms with Gasteiger partial charge in [-0.05, 0) is 36.8 Å². The number of anilines is 2. The van der Waals surface area contributed by atoms with Crippen molar-refractivity contribution in [3.8, 4) is 0 Å². The number of para-hydroxylation sites is 1. The van der Waals surface area contributed by atoms with Gasteiger partial charge in [-0.1, -0.05) is 31.2 Å². The van der Waals surface area contributed by atoms with Gasteiger partial charge in [-0.3, -0.25) is 9.59 Å². The Kier molecular flexibility index (Phi) is 4.39. The first-order chi connectivity index (χ1) is 11.0. The highest BCUT2D eigenvalue weighted by molar-refractivity contribution is 8.01. The number of thioether (sulfide) groups is 1. The van der Waals surface area contributed by atoms with Crippen LogP contribution in [-0.4, -0.2) is 17.1 Å². The highest BCUT2D eigenvalue weighted by atomic mass is 32.2. The van der Waals surface area contributed by atoms with Crippen molar-refractivity contribution in [1.82, 2.24) is 0 Å². The van der Waals surface area contributed by atoms with Crippen LogP contribution in [0.3, 0.4) is 0 Å². The van der Waals surface area contributed by atoms with Crippen LogP contribution in [0.25, 0.3) is 0 Å². The van der Waals surface area contributed by atoms with Crippen molar-refractivity contribution in [2.45, 2.75) is 24.0 Å². The summed E-state index contributed by atoms with van der Waals surface area (Å²) in [5, 5.41) is 5.34. The van der Waals surface area contributed by atoms with Crippen molar-refractivity contribution in [2.75, 3.05) is 10.6 Å². The Morgan fingerprint density at radius 1 is 1.22 bits per heavy atom. The molecule has 1 aliphatic heterocycles. The number of nitrogens with one attached hydrogen (secondary N) is 2. The molecule has 1 heterocycles. The van der Waals surface area contributed by atoms with Gasteiger partial charge in [0, 0.05) is 10.6 Å². The van der Waals surface area contributed by atoms with Gasteiger partial charge in [-0.25, -0.2) is 0 Å². The average molecular weight is 326 g/mol. The minimum Gasteiger partial charge on any atom is -0.326 e. The van der Waals surface area contributed by atoms with Crippen molar-refractivity contribution in [1.29, 1.82) is 0 Å². The fraction of sp³-hybridized carbons (Fsp3) is 0.222. The van der Waals surface area contributed by atoms with Gasteiger partial charge in [0.2, 0.25) is 11.8 Å². The van der Waals surface area contributed by atoms with E-state index in [1.165, 1.54) is 11.8 Å². The molecule has 0 saturated carbocycles. The van der Waals surface area contributed by atoms with Crippen molar-refractivity contribution in [3.05, 3.63) is 54.1 Å². The molecule has 0 aliphatic carbocycles. The fourth-order valence-corrected chi connectivity index (χ4v) is 3.68. The highest BCUT2D eigenvalue weighted by Gasteiger charge is 2.35. The molecule has 2 atom stereocenters. The maximum absolute atomic E-state index is 12.5. The molecule has 2 aromatic rings. The predicted molar refractivity (Wildman–Crippen MR) is 93.7 cm³/mol. The summed E-state index contributed by atoms with van der Waals surface area (Å²) in [5.74, 6) is -0.711. The Balaban J connectivity index is 1.74. The first kappa shape index (κ1) is 15.6. The van der Waals surface area contributed by atoms with E-state index in [4.69, 9.17) is 0 Å². The van der Waals surface area contributed by atoms with Crippen LogP contribution in [0.5, 0.6) is 0 Å². The lowest BCUT2D eigenvalue weighted by Crippen LogP contribution is -2.39. The summed E-state index contributed by atoms with van der Waals surface area (Å²) in [4.78, 5) is 25.8. The van der Waals surface area contributed by atoms with E-state index in [2.05, 4.69) is 10.6 Å². The van der Waals surface area contributed by atoms with E-state index < -0.39 is 11.2 Å². The molecule has 23 heavy (non-hydrogen) atoms. The number of rotatable bonds is 3. The number of hydrogen-bond donors (Lipinski definition) is 2. The van der Waals surface area contributed by atoms with Crippen LogP contribution in [0, 0.1) is 12.8 Å². The van der Waals surface area contributed by atoms with Crippen molar-refractivity contribution >= 4 is 35.0 Å². The summed E-state index contributed by atoms with van der Waals surface area (Å²) < 4.78 is 0. The van der Waals surface area contributed by atoms with E-state index in [-0.39, 0.29) is 11.8 Å². The molecule has 2 unspecified atom stereocenters. The number of amides is 2. The van der Waals surface area contributed by atoms with Crippen molar-refractivity contribution < 1.29 is 9.59 Å². The number of benzene rings is 2. The van der Waals surface area contributed by atoms with Gasteiger partial charge in [0.15, 0.2) is 0 Å². The predicted octanol–water partition coefficient (Wildman–Crippen LogP) is 3.68. The molecule has 1 aliphatic rings.